The molecule has 0 saturated carbocycles. The third kappa shape index (κ3) is 26.8. The number of hydrogen-bond acceptors (Lipinski definition) is 10. The Kier molecular flexibility index (Phi) is 35.1. The molecule has 1 saturated heterocycles. The van der Waals surface area contributed by atoms with Crippen LogP contribution in [0.15, 0.2) is 0 Å². The summed E-state index contributed by atoms with van der Waals surface area (Å²) in [5.74, 6) is -0.694. The molecule has 11 heteroatoms. The summed E-state index contributed by atoms with van der Waals surface area (Å²) in [4.78, 5) is 13.1. The summed E-state index contributed by atoms with van der Waals surface area (Å²) >= 11 is 0. The summed E-state index contributed by atoms with van der Waals surface area (Å²) in [5.41, 5.74) is 0. The van der Waals surface area contributed by atoms with Crippen LogP contribution in [-0.2, 0) is 14.3 Å². The second kappa shape index (κ2) is 36.9. The third-order valence-corrected chi connectivity index (χ3v) is 11.9. The summed E-state index contributed by atoms with van der Waals surface area (Å²) in [7, 11) is 0. The minimum atomic E-state index is -1.65. The number of ether oxygens (including phenoxy) is 2. The van der Waals surface area contributed by atoms with Gasteiger partial charge in [0, 0.05) is 0 Å². The van der Waals surface area contributed by atoms with E-state index in [-0.39, 0.29) is 6.42 Å². The van der Waals surface area contributed by atoms with Gasteiger partial charge in [-0.25, -0.2) is 0 Å². The molecule has 9 atom stereocenters. The summed E-state index contributed by atoms with van der Waals surface area (Å²) in [5, 5.41) is 75.6. The first-order valence-electron chi connectivity index (χ1n) is 23.9. The van der Waals surface area contributed by atoms with Gasteiger partial charge in [-0.05, 0) is 12.8 Å². The van der Waals surface area contributed by atoms with Crippen molar-refractivity contribution in [3.8, 4) is 0 Å². The molecule has 0 aromatic carbocycles. The topological polar surface area (TPSA) is 189 Å². The Bertz CT molecular complexity index is 897. The van der Waals surface area contributed by atoms with Gasteiger partial charge in [0.15, 0.2) is 6.29 Å². The lowest BCUT2D eigenvalue weighted by atomic mass is 9.98. The number of carbonyl (C=O) groups is 1. The summed E-state index contributed by atoms with van der Waals surface area (Å²) in [6.45, 7) is 3.43. The van der Waals surface area contributed by atoms with Gasteiger partial charge in [0.2, 0.25) is 5.91 Å². The first kappa shape index (κ1) is 54.1. The van der Waals surface area contributed by atoms with Crippen molar-refractivity contribution in [2.24, 2.45) is 0 Å². The molecule has 1 heterocycles. The van der Waals surface area contributed by atoms with Crippen molar-refractivity contribution in [1.82, 2.24) is 5.32 Å². The average Bonchev–Trinajstić information content (AvgIpc) is 3.21. The number of unbranched alkanes of at least 4 members (excludes halogenated alkanes) is 28. The number of aliphatic hydroxyl groups is 7. The molecule has 57 heavy (non-hydrogen) atoms. The predicted molar refractivity (Wildman–Crippen MR) is 229 cm³/mol. The molecule has 1 fully saturated rings. The summed E-state index contributed by atoms with van der Waals surface area (Å²) in [6.07, 6.45) is 25.9. The molecule has 0 aromatic rings. The van der Waals surface area contributed by atoms with E-state index < -0.39 is 74.2 Å². The Labute approximate surface area is 348 Å². The fraction of sp³-hybridized carbons (Fsp3) is 0.978. The second-order valence-electron chi connectivity index (χ2n) is 17.2. The maximum Gasteiger partial charge on any atom is 0.249 e. The fourth-order valence-corrected chi connectivity index (χ4v) is 7.91. The van der Waals surface area contributed by atoms with Gasteiger partial charge < -0.3 is 50.5 Å². The van der Waals surface area contributed by atoms with Gasteiger partial charge >= 0.3 is 0 Å². The van der Waals surface area contributed by atoms with E-state index in [1.54, 1.807) is 0 Å². The van der Waals surface area contributed by atoms with E-state index in [1.165, 1.54) is 141 Å². The zero-order valence-electron chi connectivity index (χ0n) is 36.6. The molecule has 8 N–H and O–H groups in total. The molecular weight excluding hydrogens is 727 g/mol. The van der Waals surface area contributed by atoms with E-state index in [1.807, 2.05) is 0 Å². The van der Waals surface area contributed by atoms with Crippen LogP contribution in [0, 0.1) is 0 Å². The zero-order chi connectivity index (χ0) is 41.9. The van der Waals surface area contributed by atoms with Crippen molar-refractivity contribution in [2.75, 3.05) is 13.2 Å². The van der Waals surface area contributed by atoms with Crippen LogP contribution in [-0.4, -0.2) is 110 Å². The van der Waals surface area contributed by atoms with Crippen LogP contribution >= 0.6 is 0 Å². The Morgan fingerprint density at radius 3 is 1.30 bits per heavy atom. The Balaban J connectivity index is 2.37. The molecule has 0 radical (unpaired) electrons. The molecule has 340 valence electrons. The van der Waals surface area contributed by atoms with Crippen molar-refractivity contribution in [3.05, 3.63) is 0 Å². The zero-order valence-corrected chi connectivity index (χ0v) is 36.6. The van der Waals surface area contributed by atoms with Crippen LogP contribution in [0.3, 0.4) is 0 Å². The minimum Gasteiger partial charge on any atom is -0.394 e. The first-order chi connectivity index (χ1) is 27.7. The quantitative estimate of drug-likeness (QED) is 0.0283. The van der Waals surface area contributed by atoms with E-state index >= 15 is 0 Å². The number of rotatable bonds is 40. The smallest absolute Gasteiger partial charge is 0.249 e. The normalized spacial score (nSPS) is 22.0. The van der Waals surface area contributed by atoms with Crippen molar-refractivity contribution in [3.63, 3.8) is 0 Å². The van der Waals surface area contributed by atoms with Gasteiger partial charge in [-0.15, -0.1) is 0 Å². The molecule has 0 aromatic heterocycles. The van der Waals surface area contributed by atoms with E-state index in [0.29, 0.717) is 19.3 Å². The molecule has 9 unspecified atom stereocenters. The van der Waals surface area contributed by atoms with E-state index in [9.17, 15) is 40.5 Å². The highest BCUT2D eigenvalue weighted by molar-refractivity contribution is 5.80. The monoisotopic (exact) mass is 818 g/mol. The second-order valence-corrected chi connectivity index (χ2v) is 17.2. The van der Waals surface area contributed by atoms with Crippen LogP contribution in [0.2, 0.25) is 0 Å². The highest BCUT2D eigenvalue weighted by atomic mass is 16.7. The first-order valence-corrected chi connectivity index (χ1v) is 23.9. The Morgan fingerprint density at radius 2 is 0.912 bits per heavy atom. The van der Waals surface area contributed by atoms with E-state index in [0.717, 1.165) is 38.5 Å². The molecule has 0 aliphatic carbocycles. The highest BCUT2D eigenvalue weighted by Crippen LogP contribution is 2.23. The van der Waals surface area contributed by atoms with Crippen LogP contribution in [0.4, 0.5) is 0 Å². The molecule has 1 aliphatic heterocycles. The van der Waals surface area contributed by atoms with Gasteiger partial charge in [0.1, 0.15) is 36.6 Å². The van der Waals surface area contributed by atoms with Gasteiger partial charge in [0.25, 0.3) is 0 Å². The standard InChI is InChI=1S/C46H91NO10/c1-3-5-7-9-11-13-15-16-17-18-19-20-21-22-23-24-26-28-30-32-34-39(50)45(55)47-37(36-56-46-44(54)43(53)42(52)40(35-48)57-46)41(51)38(49)33-31-29-27-25-14-12-10-8-6-4-2/h37-44,46,48-54H,3-36H2,1-2H3,(H,47,55). The Morgan fingerprint density at radius 1 is 0.544 bits per heavy atom. The molecule has 1 amide bonds. The maximum atomic E-state index is 13.1. The van der Waals surface area contributed by atoms with Crippen LogP contribution in [0.25, 0.3) is 0 Å². The molecule has 11 nitrogen and oxygen atoms in total. The third-order valence-electron chi connectivity index (χ3n) is 11.9. The predicted octanol–water partition coefficient (Wildman–Crippen LogP) is 7.89. The summed E-state index contributed by atoms with van der Waals surface area (Å²) in [6, 6.07) is -1.16. The number of carbonyl (C=O) groups excluding carboxylic acids is 1. The fourth-order valence-electron chi connectivity index (χ4n) is 7.91. The van der Waals surface area contributed by atoms with Crippen LogP contribution < -0.4 is 5.32 Å². The maximum absolute atomic E-state index is 13.1. The average molecular weight is 818 g/mol. The number of nitrogens with one attached hydrogen (secondary N) is 1. The molecule has 1 aliphatic rings. The SMILES string of the molecule is CCCCCCCCCCCCCCCCCCCCCCC(O)C(=O)NC(COC1OC(CO)C(O)C(O)C1O)C(O)C(O)CCCCCCCCCCCC. The van der Waals surface area contributed by atoms with Crippen LogP contribution in [0.1, 0.15) is 219 Å². The van der Waals surface area contributed by atoms with Gasteiger partial charge in [-0.1, -0.05) is 206 Å². The molecular formula is C46H91NO10. The minimum absolute atomic E-state index is 0.266. The lowest BCUT2D eigenvalue weighted by molar-refractivity contribution is -0.303. The Hall–Kier alpha value is -0.890. The van der Waals surface area contributed by atoms with Gasteiger partial charge in [-0.2, -0.15) is 0 Å². The lowest BCUT2D eigenvalue weighted by Crippen LogP contribution is -2.60. The van der Waals surface area contributed by atoms with Crippen molar-refractivity contribution >= 4 is 5.91 Å². The van der Waals surface area contributed by atoms with Crippen molar-refractivity contribution < 1.29 is 50.0 Å². The van der Waals surface area contributed by atoms with Crippen LogP contribution in [0.5, 0.6) is 0 Å². The molecule has 1 rings (SSSR count). The lowest BCUT2D eigenvalue weighted by Gasteiger charge is -2.40. The van der Waals surface area contributed by atoms with Crippen molar-refractivity contribution in [1.29, 1.82) is 0 Å². The molecule has 0 spiro atoms. The molecule has 0 bridgehead atoms. The summed E-state index contributed by atoms with van der Waals surface area (Å²) < 4.78 is 11.1. The van der Waals surface area contributed by atoms with Crippen molar-refractivity contribution in [2.45, 2.75) is 274 Å². The highest BCUT2D eigenvalue weighted by Gasteiger charge is 2.44. The van der Waals surface area contributed by atoms with E-state index in [4.69, 9.17) is 9.47 Å². The number of hydrogen-bond donors (Lipinski definition) is 8. The van der Waals surface area contributed by atoms with Gasteiger partial charge in [0.05, 0.1) is 25.4 Å². The largest absolute Gasteiger partial charge is 0.394 e. The number of amides is 1. The van der Waals surface area contributed by atoms with E-state index in [2.05, 4.69) is 19.2 Å². The van der Waals surface area contributed by atoms with Gasteiger partial charge in [-0.3, -0.25) is 4.79 Å². The number of aliphatic hydroxyl groups excluding tert-OH is 7.